The van der Waals surface area contributed by atoms with Crippen LogP contribution in [0.2, 0.25) is 0 Å². The van der Waals surface area contributed by atoms with Gasteiger partial charge in [-0.15, -0.1) is 5.73 Å². The zero-order chi connectivity index (χ0) is 10.7. The molecule has 0 spiro atoms. The zero-order valence-corrected chi connectivity index (χ0v) is 9.59. The molecule has 0 aliphatic heterocycles. The number of hydrogen-bond donors (Lipinski definition) is 1. The molecule has 1 saturated carbocycles. The Kier molecular flexibility index (Phi) is 3.97. The number of aliphatic hydroxyl groups excluding tert-OH is 1. The average molecular weight is 194 g/mol. The van der Waals surface area contributed by atoms with Gasteiger partial charge in [0.05, 0.1) is 6.10 Å². The summed E-state index contributed by atoms with van der Waals surface area (Å²) in [6.07, 6.45) is 3.41. The Labute approximate surface area is 87.5 Å². The Hall–Kier alpha value is -0.520. The lowest BCUT2D eigenvalue weighted by atomic mass is 9.84. The molecule has 80 valence electrons. The molecule has 1 heteroatoms. The third-order valence-corrected chi connectivity index (χ3v) is 3.42. The quantitative estimate of drug-likeness (QED) is 0.684. The van der Waals surface area contributed by atoms with E-state index in [0.29, 0.717) is 11.8 Å². The number of hydrogen-bond acceptors (Lipinski definition) is 1. The lowest BCUT2D eigenvalue weighted by Gasteiger charge is -2.24. The fourth-order valence-corrected chi connectivity index (χ4v) is 2.42. The predicted molar refractivity (Wildman–Crippen MR) is 60.0 cm³/mol. The Morgan fingerprint density at radius 3 is 2.43 bits per heavy atom. The summed E-state index contributed by atoms with van der Waals surface area (Å²) in [7, 11) is 0. The van der Waals surface area contributed by atoms with Crippen molar-refractivity contribution in [1.29, 1.82) is 0 Å². The van der Waals surface area contributed by atoms with E-state index in [9.17, 15) is 5.11 Å². The molecule has 1 fully saturated rings. The molecule has 14 heavy (non-hydrogen) atoms. The van der Waals surface area contributed by atoms with Crippen molar-refractivity contribution in [2.45, 2.75) is 46.1 Å². The molecule has 1 aliphatic rings. The van der Waals surface area contributed by atoms with E-state index in [-0.39, 0.29) is 12.0 Å². The molecule has 0 aromatic heterocycles. The van der Waals surface area contributed by atoms with Gasteiger partial charge in [0, 0.05) is 5.57 Å². The minimum absolute atomic E-state index is 0.270. The fraction of sp³-hybridized carbons (Fsp3) is 0.769. The number of rotatable bonds is 3. The van der Waals surface area contributed by atoms with E-state index in [1.165, 1.54) is 19.3 Å². The van der Waals surface area contributed by atoms with Crippen LogP contribution in [0.25, 0.3) is 0 Å². The van der Waals surface area contributed by atoms with E-state index in [1.807, 2.05) is 13.8 Å². The summed E-state index contributed by atoms with van der Waals surface area (Å²) >= 11 is 0. The maximum atomic E-state index is 10.0. The van der Waals surface area contributed by atoms with E-state index < -0.39 is 0 Å². The van der Waals surface area contributed by atoms with E-state index in [0.717, 1.165) is 5.57 Å². The summed E-state index contributed by atoms with van der Waals surface area (Å²) in [4.78, 5) is 0. The second-order valence-corrected chi connectivity index (χ2v) is 4.84. The van der Waals surface area contributed by atoms with Crippen molar-refractivity contribution in [1.82, 2.24) is 0 Å². The first-order valence-electron chi connectivity index (χ1n) is 5.65. The van der Waals surface area contributed by atoms with Crippen molar-refractivity contribution >= 4 is 0 Å². The van der Waals surface area contributed by atoms with Crippen LogP contribution in [0, 0.1) is 17.8 Å². The molecule has 1 N–H and O–H groups in total. The Morgan fingerprint density at radius 2 is 2.07 bits per heavy atom. The highest BCUT2D eigenvalue weighted by molar-refractivity contribution is 5.13. The van der Waals surface area contributed by atoms with Crippen LogP contribution in [0.1, 0.15) is 40.0 Å². The van der Waals surface area contributed by atoms with Gasteiger partial charge in [-0.1, -0.05) is 40.2 Å². The van der Waals surface area contributed by atoms with Crippen LogP contribution >= 0.6 is 0 Å². The Morgan fingerprint density at radius 1 is 1.43 bits per heavy atom. The molecule has 1 aliphatic carbocycles. The minimum Gasteiger partial charge on any atom is -0.388 e. The lowest BCUT2D eigenvalue weighted by molar-refractivity contribution is 0.144. The van der Waals surface area contributed by atoms with E-state index in [1.54, 1.807) is 0 Å². The van der Waals surface area contributed by atoms with Crippen molar-refractivity contribution in [3.8, 4) is 0 Å². The van der Waals surface area contributed by atoms with Crippen LogP contribution in [0.15, 0.2) is 17.9 Å². The molecule has 1 rings (SSSR count). The zero-order valence-electron chi connectivity index (χ0n) is 9.59. The average Bonchev–Trinajstić information content (AvgIpc) is 2.53. The summed E-state index contributed by atoms with van der Waals surface area (Å²) in [6.45, 7) is 10.1. The van der Waals surface area contributed by atoms with Crippen LogP contribution in [0.5, 0.6) is 0 Å². The summed E-state index contributed by atoms with van der Waals surface area (Å²) < 4.78 is 0. The van der Waals surface area contributed by atoms with E-state index in [2.05, 4.69) is 19.2 Å². The minimum atomic E-state index is -0.349. The van der Waals surface area contributed by atoms with Crippen LogP contribution in [-0.4, -0.2) is 11.2 Å². The third kappa shape index (κ3) is 2.29. The second-order valence-electron chi connectivity index (χ2n) is 4.84. The molecule has 0 amide bonds. The van der Waals surface area contributed by atoms with Gasteiger partial charge < -0.3 is 5.11 Å². The molecule has 0 aromatic carbocycles. The van der Waals surface area contributed by atoms with Crippen molar-refractivity contribution in [3.05, 3.63) is 17.9 Å². The molecule has 0 heterocycles. The first-order chi connectivity index (χ1) is 6.57. The van der Waals surface area contributed by atoms with Gasteiger partial charge in [0.15, 0.2) is 0 Å². The third-order valence-electron chi connectivity index (χ3n) is 3.42. The first kappa shape index (κ1) is 11.6. The molecular weight excluding hydrogens is 172 g/mol. The van der Waals surface area contributed by atoms with Crippen LogP contribution in [0.3, 0.4) is 0 Å². The van der Waals surface area contributed by atoms with Crippen LogP contribution < -0.4 is 0 Å². The highest BCUT2D eigenvalue weighted by Crippen LogP contribution is 2.38. The Bertz CT molecular complexity index is 236. The van der Waals surface area contributed by atoms with Gasteiger partial charge in [-0.3, -0.25) is 0 Å². The van der Waals surface area contributed by atoms with Crippen molar-refractivity contribution in [2.24, 2.45) is 17.8 Å². The smallest absolute Gasteiger partial charge is 0.0849 e. The molecule has 0 saturated heterocycles. The normalized spacial score (nSPS) is 28.9. The standard InChI is InChI=1S/C13H22O/c1-5-11(13(14)9(2)3)12-8-6-7-10(12)4/h9-10,12-14H,1,6-8H2,2-4H3. The summed E-state index contributed by atoms with van der Waals surface area (Å²) in [5, 5.41) is 10.0. The molecule has 3 unspecified atom stereocenters. The SMILES string of the molecule is C=C=C(C(O)C(C)C)C1CCCC1C. The van der Waals surface area contributed by atoms with Gasteiger partial charge in [0.2, 0.25) is 0 Å². The largest absolute Gasteiger partial charge is 0.388 e. The molecule has 1 nitrogen and oxygen atoms in total. The maximum Gasteiger partial charge on any atom is 0.0849 e. The summed E-state index contributed by atoms with van der Waals surface area (Å²) in [6, 6.07) is 0. The van der Waals surface area contributed by atoms with Gasteiger partial charge in [-0.2, -0.15) is 0 Å². The van der Waals surface area contributed by atoms with Crippen molar-refractivity contribution in [3.63, 3.8) is 0 Å². The van der Waals surface area contributed by atoms with Crippen LogP contribution in [-0.2, 0) is 0 Å². The fourth-order valence-electron chi connectivity index (χ4n) is 2.42. The summed E-state index contributed by atoms with van der Waals surface area (Å²) in [5.41, 5.74) is 4.02. The van der Waals surface area contributed by atoms with Gasteiger partial charge in [0.25, 0.3) is 0 Å². The molecular formula is C13H22O. The van der Waals surface area contributed by atoms with Gasteiger partial charge in [-0.25, -0.2) is 0 Å². The highest BCUT2D eigenvalue weighted by atomic mass is 16.3. The monoisotopic (exact) mass is 194 g/mol. The van der Waals surface area contributed by atoms with E-state index >= 15 is 0 Å². The first-order valence-corrected chi connectivity index (χ1v) is 5.65. The topological polar surface area (TPSA) is 20.2 Å². The molecule has 3 atom stereocenters. The lowest BCUT2D eigenvalue weighted by Crippen LogP contribution is -2.24. The van der Waals surface area contributed by atoms with Crippen molar-refractivity contribution in [2.75, 3.05) is 0 Å². The van der Waals surface area contributed by atoms with Crippen LogP contribution in [0.4, 0.5) is 0 Å². The van der Waals surface area contributed by atoms with Gasteiger partial charge in [-0.05, 0) is 24.2 Å². The van der Waals surface area contributed by atoms with Gasteiger partial charge in [0.1, 0.15) is 0 Å². The van der Waals surface area contributed by atoms with E-state index in [4.69, 9.17) is 0 Å². The molecule has 0 aromatic rings. The predicted octanol–water partition coefficient (Wildman–Crippen LogP) is 3.15. The second kappa shape index (κ2) is 4.82. The Balaban J connectivity index is 2.77. The maximum absolute atomic E-state index is 10.0. The molecule has 0 radical (unpaired) electrons. The summed E-state index contributed by atoms with van der Waals surface area (Å²) in [5.74, 6) is 1.48. The van der Waals surface area contributed by atoms with Crippen molar-refractivity contribution < 1.29 is 5.11 Å². The van der Waals surface area contributed by atoms with Gasteiger partial charge >= 0.3 is 0 Å². The number of aliphatic hydroxyl groups is 1. The molecule has 0 bridgehead atoms. The highest BCUT2D eigenvalue weighted by Gasteiger charge is 2.30.